The van der Waals surface area contributed by atoms with E-state index in [0.717, 1.165) is 0 Å². The van der Waals surface area contributed by atoms with E-state index in [1.165, 1.54) is 0 Å². The topological polar surface area (TPSA) is 47.6 Å². The van der Waals surface area contributed by atoms with Crippen LogP contribution in [0.5, 0.6) is 11.5 Å². The van der Waals surface area contributed by atoms with Crippen LogP contribution in [-0.4, -0.2) is 19.1 Å². The molecule has 0 radical (unpaired) electrons. The number of carbonyl (C=O) groups is 1. The normalized spacial score (nSPS) is 11.7. The van der Waals surface area contributed by atoms with Crippen LogP contribution in [0.15, 0.2) is 42.5 Å². The van der Waals surface area contributed by atoms with Gasteiger partial charge in [-0.3, -0.25) is 4.79 Å². The highest BCUT2D eigenvalue weighted by Gasteiger charge is 2.19. The van der Waals surface area contributed by atoms with Crippen LogP contribution in [0, 0.1) is 0 Å². The summed E-state index contributed by atoms with van der Waals surface area (Å²) in [5.41, 5.74) is 0.528. The minimum absolute atomic E-state index is 0.270. The second kappa shape index (κ2) is 8.09. The lowest BCUT2D eigenvalue weighted by Crippen LogP contribution is -2.32. The molecule has 23 heavy (non-hydrogen) atoms. The molecular formula is C17H17Cl2NO3. The molecule has 0 aliphatic carbocycles. The molecule has 0 saturated carbocycles. The minimum Gasteiger partial charge on any atom is -0.497 e. The number of carbonyl (C=O) groups excluding carboxylic acids is 1. The van der Waals surface area contributed by atoms with Gasteiger partial charge < -0.3 is 14.8 Å². The monoisotopic (exact) mass is 353 g/mol. The van der Waals surface area contributed by atoms with E-state index < -0.39 is 6.10 Å². The lowest BCUT2D eigenvalue weighted by atomic mass is 10.2. The third-order valence-electron chi connectivity index (χ3n) is 3.11. The number of amides is 1. The number of hydrogen-bond donors (Lipinski definition) is 1. The third kappa shape index (κ3) is 5.05. The summed E-state index contributed by atoms with van der Waals surface area (Å²) in [4.78, 5) is 12.4. The molecule has 1 atom stereocenters. The summed E-state index contributed by atoms with van der Waals surface area (Å²) in [6, 6.07) is 12.0. The van der Waals surface area contributed by atoms with Crippen LogP contribution >= 0.6 is 23.2 Å². The van der Waals surface area contributed by atoms with Gasteiger partial charge in [0.25, 0.3) is 5.91 Å². The Morgan fingerprint density at radius 2 is 1.78 bits per heavy atom. The summed E-state index contributed by atoms with van der Waals surface area (Å²) in [6.07, 6.45) is -0.128. The summed E-state index contributed by atoms with van der Waals surface area (Å²) >= 11 is 11.9. The molecule has 0 fully saturated rings. The molecular weight excluding hydrogens is 337 g/mol. The number of methoxy groups -OCH3 is 1. The van der Waals surface area contributed by atoms with Crippen molar-refractivity contribution in [3.05, 3.63) is 52.5 Å². The molecule has 0 heterocycles. The summed E-state index contributed by atoms with van der Waals surface area (Å²) in [6.45, 7) is 1.87. The Balaban J connectivity index is 2.08. The first-order chi connectivity index (χ1) is 11.0. The van der Waals surface area contributed by atoms with E-state index in [0.29, 0.717) is 33.7 Å². The van der Waals surface area contributed by atoms with Crippen molar-refractivity contribution in [3.8, 4) is 11.5 Å². The molecule has 0 saturated heterocycles. The Labute approximate surface area is 145 Å². The van der Waals surface area contributed by atoms with Crippen LogP contribution in [0.1, 0.15) is 13.3 Å². The van der Waals surface area contributed by atoms with Gasteiger partial charge in [-0.1, -0.05) is 36.2 Å². The second-order valence-electron chi connectivity index (χ2n) is 4.84. The average molecular weight is 354 g/mol. The van der Waals surface area contributed by atoms with E-state index in [1.807, 2.05) is 13.0 Å². The minimum atomic E-state index is -0.639. The van der Waals surface area contributed by atoms with E-state index in [9.17, 15) is 4.79 Å². The largest absolute Gasteiger partial charge is 0.497 e. The predicted octanol–water partition coefficient (Wildman–Crippen LogP) is 4.80. The second-order valence-corrected chi connectivity index (χ2v) is 5.71. The lowest BCUT2D eigenvalue weighted by Gasteiger charge is -2.18. The maximum Gasteiger partial charge on any atom is 0.265 e. The number of ether oxygens (including phenoxy) is 2. The SMILES string of the molecule is CC[C@@H](Oc1cccc(OC)c1)C(=O)Nc1cc(Cl)cc(Cl)c1. The highest BCUT2D eigenvalue weighted by molar-refractivity contribution is 6.35. The van der Waals surface area contributed by atoms with Gasteiger partial charge in [0.1, 0.15) is 11.5 Å². The first kappa shape index (κ1) is 17.4. The zero-order chi connectivity index (χ0) is 16.8. The van der Waals surface area contributed by atoms with Crippen molar-refractivity contribution in [1.29, 1.82) is 0 Å². The maximum absolute atomic E-state index is 12.4. The highest BCUT2D eigenvalue weighted by atomic mass is 35.5. The first-order valence-electron chi connectivity index (χ1n) is 7.09. The van der Waals surface area contributed by atoms with Crippen LogP contribution in [0.4, 0.5) is 5.69 Å². The number of nitrogens with one attached hydrogen (secondary N) is 1. The number of hydrogen-bond acceptors (Lipinski definition) is 3. The molecule has 0 unspecified atom stereocenters. The zero-order valence-electron chi connectivity index (χ0n) is 12.8. The molecule has 0 aliphatic rings. The van der Waals surface area contributed by atoms with Gasteiger partial charge in [0.2, 0.25) is 0 Å². The van der Waals surface area contributed by atoms with Gasteiger partial charge in [-0.15, -0.1) is 0 Å². The summed E-state index contributed by atoms with van der Waals surface area (Å²) < 4.78 is 10.9. The molecule has 2 aromatic carbocycles. The van der Waals surface area contributed by atoms with Crippen LogP contribution in [0.3, 0.4) is 0 Å². The van der Waals surface area contributed by atoms with E-state index in [4.69, 9.17) is 32.7 Å². The van der Waals surface area contributed by atoms with Gasteiger partial charge >= 0.3 is 0 Å². The number of anilines is 1. The average Bonchev–Trinajstić information content (AvgIpc) is 2.51. The van der Waals surface area contributed by atoms with Gasteiger partial charge in [-0.2, -0.15) is 0 Å². The molecule has 1 N–H and O–H groups in total. The molecule has 4 nitrogen and oxygen atoms in total. The summed E-state index contributed by atoms with van der Waals surface area (Å²) in [7, 11) is 1.58. The number of halogens is 2. The van der Waals surface area contributed by atoms with Crippen molar-refractivity contribution in [1.82, 2.24) is 0 Å². The third-order valence-corrected chi connectivity index (χ3v) is 3.55. The fraction of sp³-hybridized carbons (Fsp3) is 0.235. The van der Waals surface area contributed by atoms with Gasteiger partial charge in [0, 0.05) is 21.8 Å². The molecule has 0 aliphatic heterocycles. The molecule has 122 valence electrons. The Morgan fingerprint density at radius 1 is 1.13 bits per heavy atom. The molecule has 2 aromatic rings. The Morgan fingerprint density at radius 3 is 2.39 bits per heavy atom. The lowest BCUT2D eigenvalue weighted by molar-refractivity contribution is -0.122. The van der Waals surface area contributed by atoms with Crippen LogP contribution in [0.2, 0.25) is 10.0 Å². The van der Waals surface area contributed by atoms with Crippen molar-refractivity contribution in [2.75, 3.05) is 12.4 Å². The van der Waals surface area contributed by atoms with Crippen molar-refractivity contribution in [2.24, 2.45) is 0 Å². The Kier molecular flexibility index (Phi) is 6.13. The van der Waals surface area contributed by atoms with E-state index in [2.05, 4.69) is 5.32 Å². The van der Waals surface area contributed by atoms with Crippen molar-refractivity contribution >= 4 is 34.8 Å². The zero-order valence-corrected chi connectivity index (χ0v) is 14.3. The van der Waals surface area contributed by atoms with Gasteiger partial charge in [0.05, 0.1) is 7.11 Å². The van der Waals surface area contributed by atoms with Gasteiger partial charge in [-0.05, 0) is 36.8 Å². The summed E-state index contributed by atoms with van der Waals surface area (Å²) in [5, 5.41) is 3.67. The van der Waals surface area contributed by atoms with Gasteiger partial charge in [-0.25, -0.2) is 0 Å². The molecule has 6 heteroatoms. The van der Waals surface area contributed by atoms with Crippen molar-refractivity contribution < 1.29 is 14.3 Å². The Hall–Kier alpha value is -1.91. The molecule has 2 rings (SSSR count). The molecule has 0 bridgehead atoms. The highest BCUT2D eigenvalue weighted by Crippen LogP contribution is 2.24. The van der Waals surface area contributed by atoms with Gasteiger partial charge in [0.15, 0.2) is 6.10 Å². The molecule has 0 aromatic heterocycles. The smallest absolute Gasteiger partial charge is 0.265 e. The number of benzene rings is 2. The van der Waals surface area contributed by atoms with E-state index in [1.54, 1.807) is 43.5 Å². The quantitative estimate of drug-likeness (QED) is 0.811. The molecule has 1 amide bonds. The fourth-order valence-corrected chi connectivity index (χ4v) is 2.54. The van der Waals surface area contributed by atoms with Crippen molar-refractivity contribution in [3.63, 3.8) is 0 Å². The Bertz CT molecular complexity index is 671. The van der Waals surface area contributed by atoms with Crippen LogP contribution in [-0.2, 0) is 4.79 Å². The van der Waals surface area contributed by atoms with Crippen molar-refractivity contribution in [2.45, 2.75) is 19.4 Å². The summed E-state index contributed by atoms with van der Waals surface area (Å²) in [5.74, 6) is 0.962. The number of rotatable bonds is 6. The fourth-order valence-electron chi connectivity index (χ4n) is 2.01. The predicted molar refractivity (Wildman–Crippen MR) is 92.8 cm³/mol. The van der Waals surface area contributed by atoms with Crippen LogP contribution in [0.25, 0.3) is 0 Å². The standard InChI is InChI=1S/C17H17Cl2NO3/c1-3-16(23-15-6-4-5-14(10-15)22-2)17(21)20-13-8-11(18)7-12(19)9-13/h4-10,16H,3H2,1-2H3,(H,20,21)/t16-/m1/s1. The van der Waals surface area contributed by atoms with Crippen LogP contribution < -0.4 is 14.8 Å². The maximum atomic E-state index is 12.4. The van der Waals surface area contributed by atoms with E-state index in [-0.39, 0.29) is 5.91 Å². The molecule has 0 spiro atoms. The first-order valence-corrected chi connectivity index (χ1v) is 7.85. The van der Waals surface area contributed by atoms with E-state index >= 15 is 0 Å².